The minimum Gasteiger partial charge on any atom is -0.506 e. The molecule has 206 valence electrons. The summed E-state index contributed by atoms with van der Waals surface area (Å²) < 4.78 is 24.4. The van der Waals surface area contributed by atoms with E-state index in [-0.39, 0.29) is 30.0 Å². The number of amides is 2. The Morgan fingerprint density at radius 2 is 1.82 bits per heavy atom. The van der Waals surface area contributed by atoms with Gasteiger partial charge in [0.15, 0.2) is 12.4 Å². The smallest absolute Gasteiger partial charge is 0.262 e. The number of hydrogen-bond acceptors (Lipinski definition) is 5. The molecule has 0 spiro atoms. The number of aromatic hydroxyl groups is 1. The molecule has 1 saturated carbocycles. The largest absolute Gasteiger partial charge is 0.506 e. The van der Waals surface area contributed by atoms with E-state index in [9.17, 15) is 19.1 Å². The van der Waals surface area contributed by atoms with Crippen LogP contribution in [-0.4, -0.2) is 54.2 Å². The Hall–Kier alpha value is -3.13. The van der Waals surface area contributed by atoms with Crippen LogP contribution >= 0.6 is 0 Å². The fraction of sp³-hybridized carbons (Fsp3) is 0.533. The molecule has 2 amide bonds. The van der Waals surface area contributed by atoms with E-state index < -0.39 is 0 Å². The van der Waals surface area contributed by atoms with Crippen molar-refractivity contribution in [1.82, 2.24) is 4.90 Å². The van der Waals surface area contributed by atoms with E-state index >= 15 is 0 Å². The quantitative estimate of drug-likeness (QED) is 0.270. The topological polar surface area (TPSA) is 88.1 Å². The maximum Gasteiger partial charge on any atom is 0.262 e. The van der Waals surface area contributed by atoms with E-state index in [0.717, 1.165) is 56.2 Å². The molecule has 2 N–H and O–H groups in total. The minimum absolute atomic E-state index is 0.0119. The molecule has 1 aliphatic carbocycles. The maximum absolute atomic E-state index is 13.1. The van der Waals surface area contributed by atoms with Crippen LogP contribution in [0.5, 0.6) is 11.5 Å². The van der Waals surface area contributed by atoms with E-state index in [0.29, 0.717) is 43.5 Å². The third-order valence-electron chi connectivity index (χ3n) is 7.42. The number of carbonyl (C=O) groups excluding carboxylic acids is 2. The highest BCUT2D eigenvalue weighted by atomic mass is 19.1. The van der Waals surface area contributed by atoms with Crippen LogP contribution in [0.2, 0.25) is 0 Å². The average Bonchev–Trinajstić information content (AvgIpc) is 2.93. The van der Waals surface area contributed by atoms with Crippen LogP contribution in [-0.2, 0) is 27.2 Å². The summed E-state index contributed by atoms with van der Waals surface area (Å²) in [5, 5.41) is 12.7. The molecule has 0 atom stereocenters. The summed E-state index contributed by atoms with van der Waals surface area (Å²) in [5.74, 6) is 0.221. The first-order valence-corrected chi connectivity index (χ1v) is 13.9. The second-order valence-electron chi connectivity index (χ2n) is 10.2. The molecule has 0 radical (unpaired) electrons. The number of ether oxygens (including phenoxy) is 2. The standard InChI is InChI=1S/C30H39FN2O5/c31-24-13-10-22(11-14-24)16-19-37-20-17-28(36)33(25-8-4-1-5-9-25)18-6-2-3-7-23-12-15-26(34)29-30(23)38-21-27(35)32-29/h10-15,25,34H,1-9,16-21H2,(H,32,35). The van der Waals surface area contributed by atoms with E-state index in [1.54, 1.807) is 18.2 Å². The first kappa shape index (κ1) is 27.9. The molecule has 1 heterocycles. The first-order valence-electron chi connectivity index (χ1n) is 13.9. The number of phenolic OH excluding ortho intramolecular Hbond substituents is 1. The monoisotopic (exact) mass is 526 g/mol. The Morgan fingerprint density at radius 3 is 2.61 bits per heavy atom. The van der Waals surface area contributed by atoms with Gasteiger partial charge in [-0.15, -0.1) is 0 Å². The molecule has 38 heavy (non-hydrogen) atoms. The van der Waals surface area contributed by atoms with Crippen molar-refractivity contribution in [3.05, 3.63) is 53.3 Å². The zero-order chi connectivity index (χ0) is 26.7. The molecule has 1 aliphatic heterocycles. The summed E-state index contributed by atoms with van der Waals surface area (Å²) >= 11 is 0. The van der Waals surface area contributed by atoms with Gasteiger partial charge in [-0.1, -0.05) is 43.9 Å². The lowest BCUT2D eigenvalue weighted by atomic mass is 9.93. The molecule has 2 aromatic carbocycles. The van der Waals surface area contributed by atoms with E-state index in [1.807, 2.05) is 6.07 Å². The van der Waals surface area contributed by atoms with Crippen LogP contribution in [0.4, 0.5) is 10.1 Å². The zero-order valence-corrected chi connectivity index (χ0v) is 22.1. The van der Waals surface area contributed by atoms with Crippen LogP contribution in [0.1, 0.15) is 68.9 Å². The SMILES string of the molecule is O=C1COc2c(CCCCCN(C(=O)CCOCCc3ccc(F)cc3)C3CCCCC3)ccc(O)c2N1. The van der Waals surface area contributed by atoms with Gasteiger partial charge in [0.05, 0.1) is 19.6 Å². The molecule has 8 heteroatoms. The number of unbranched alkanes of at least 4 members (excludes halogenated alkanes) is 2. The number of benzene rings is 2. The fourth-order valence-corrected chi connectivity index (χ4v) is 5.34. The molecule has 0 unspecified atom stereocenters. The number of nitrogens with one attached hydrogen (secondary N) is 1. The zero-order valence-electron chi connectivity index (χ0n) is 22.1. The average molecular weight is 527 g/mol. The van der Waals surface area contributed by atoms with E-state index in [4.69, 9.17) is 9.47 Å². The van der Waals surface area contributed by atoms with E-state index in [1.165, 1.54) is 31.4 Å². The van der Waals surface area contributed by atoms with Crippen LogP contribution in [0.15, 0.2) is 36.4 Å². The number of hydrogen-bond donors (Lipinski definition) is 2. The maximum atomic E-state index is 13.1. The van der Waals surface area contributed by atoms with Crippen LogP contribution in [0.3, 0.4) is 0 Å². The molecule has 2 aliphatic rings. The van der Waals surface area contributed by atoms with Gasteiger partial charge < -0.3 is 24.8 Å². The third-order valence-corrected chi connectivity index (χ3v) is 7.42. The highest BCUT2D eigenvalue weighted by molar-refractivity contribution is 5.97. The molecule has 0 saturated heterocycles. The molecular weight excluding hydrogens is 487 g/mol. The van der Waals surface area contributed by atoms with Gasteiger partial charge in [0.2, 0.25) is 5.91 Å². The third kappa shape index (κ3) is 7.93. The van der Waals surface area contributed by atoms with Crippen molar-refractivity contribution in [3.63, 3.8) is 0 Å². The normalized spacial score (nSPS) is 15.4. The van der Waals surface area contributed by atoms with Gasteiger partial charge in [-0.05, 0) is 67.9 Å². The van der Waals surface area contributed by atoms with Gasteiger partial charge in [0.1, 0.15) is 17.3 Å². The van der Waals surface area contributed by atoms with Crippen LogP contribution in [0, 0.1) is 5.82 Å². The summed E-state index contributed by atoms with van der Waals surface area (Å²) in [6.45, 7) is 1.61. The number of carbonyl (C=O) groups is 2. The number of aryl methyl sites for hydroxylation is 1. The van der Waals surface area contributed by atoms with Gasteiger partial charge in [0, 0.05) is 12.6 Å². The Kier molecular flexibility index (Phi) is 10.4. The summed E-state index contributed by atoms with van der Waals surface area (Å²) in [4.78, 5) is 26.8. The second-order valence-corrected chi connectivity index (χ2v) is 10.2. The van der Waals surface area contributed by atoms with Gasteiger partial charge >= 0.3 is 0 Å². The number of rotatable bonds is 13. The summed E-state index contributed by atoms with van der Waals surface area (Å²) in [6.07, 6.45) is 10.4. The molecule has 1 fully saturated rings. The van der Waals surface area contributed by atoms with Crippen molar-refractivity contribution in [2.75, 3.05) is 31.7 Å². The lowest BCUT2D eigenvalue weighted by molar-refractivity contribution is -0.135. The minimum atomic E-state index is -0.268. The van der Waals surface area contributed by atoms with Crippen molar-refractivity contribution in [3.8, 4) is 11.5 Å². The molecule has 2 aromatic rings. The number of anilines is 1. The van der Waals surface area contributed by atoms with Gasteiger partial charge in [-0.3, -0.25) is 9.59 Å². The first-order chi connectivity index (χ1) is 18.5. The summed E-state index contributed by atoms with van der Waals surface area (Å²) in [5.41, 5.74) is 2.34. The van der Waals surface area contributed by atoms with Crippen molar-refractivity contribution < 1.29 is 28.6 Å². The molecule has 4 rings (SSSR count). The Balaban J connectivity index is 1.21. The number of phenols is 1. The Bertz CT molecular complexity index is 1070. The Labute approximate surface area is 224 Å². The van der Waals surface area contributed by atoms with Crippen molar-refractivity contribution in [2.24, 2.45) is 0 Å². The second kappa shape index (κ2) is 14.1. The van der Waals surface area contributed by atoms with E-state index in [2.05, 4.69) is 10.2 Å². The Morgan fingerprint density at radius 1 is 1.03 bits per heavy atom. The van der Waals surface area contributed by atoms with Gasteiger partial charge in [-0.25, -0.2) is 4.39 Å². The number of nitrogens with zero attached hydrogens (tertiary/aromatic N) is 1. The van der Waals surface area contributed by atoms with Gasteiger partial charge in [0.25, 0.3) is 5.91 Å². The fourth-order valence-electron chi connectivity index (χ4n) is 5.34. The predicted molar refractivity (Wildman–Crippen MR) is 144 cm³/mol. The summed E-state index contributed by atoms with van der Waals surface area (Å²) in [7, 11) is 0. The van der Waals surface area contributed by atoms with Crippen molar-refractivity contribution >= 4 is 17.5 Å². The molecule has 0 aromatic heterocycles. The highest BCUT2D eigenvalue weighted by Crippen LogP contribution is 2.39. The van der Waals surface area contributed by atoms with Crippen molar-refractivity contribution in [2.45, 2.75) is 76.7 Å². The van der Waals surface area contributed by atoms with Crippen LogP contribution in [0.25, 0.3) is 0 Å². The predicted octanol–water partition coefficient (Wildman–Crippen LogP) is 5.39. The lowest BCUT2D eigenvalue weighted by Gasteiger charge is -2.34. The molecule has 0 bridgehead atoms. The van der Waals surface area contributed by atoms with Gasteiger partial charge in [-0.2, -0.15) is 0 Å². The molecule has 7 nitrogen and oxygen atoms in total. The molecular formula is C30H39FN2O5. The van der Waals surface area contributed by atoms with Crippen LogP contribution < -0.4 is 10.1 Å². The lowest BCUT2D eigenvalue weighted by Crippen LogP contribution is -2.42. The highest BCUT2D eigenvalue weighted by Gasteiger charge is 2.25. The van der Waals surface area contributed by atoms with Crippen molar-refractivity contribution in [1.29, 1.82) is 0 Å². The number of fused-ring (bicyclic) bond motifs is 1. The summed E-state index contributed by atoms with van der Waals surface area (Å²) in [6, 6.07) is 10.2. The number of halogens is 1.